The van der Waals surface area contributed by atoms with Crippen LogP contribution >= 0.6 is 0 Å². The lowest BCUT2D eigenvalue weighted by Gasteiger charge is -2.25. The summed E-state index contributed by atoms with van der Waals surface area (Å²) >= 11 is 0. The molecule has 0 spiro atoms. The number of pyridine rings is 1. The Morgan fingerprint density at radius 1 is 0.979 bits per heavy atom. The first-order valence-electron chi connectivity index (χ1n) is 14.5. The van der Waals surface area contributed by atoms with Crippen LogP contribution in [0.15, 0.2) is 72.9 Å². The molecule has 1 heterocycles. The summed E-state index contributed by atoms with van der Waals surface area (Å²) in [7, 11) is 0. The van der Waals surface area contributed by atoms with E-state index in [1.165, 1.54) is 24.4 Å². The van der Waals surface area contributed by atoms with E-state index in [4.69, 9.17) is 15.2 Å². The van der Waals surface area contributed by atoms with E-state index in [9.17, 15) is 31.9 Å². The van der Waals surface area contributed by atoms with Crippen molar-refractivity contribution in [3.05, 3.63) is 89.9 Å². The second-order valence-electron chi connectivity index (χ2n) is 10.6. The number of hydrogen-bond acceptors (Lipinski definition) is 9. The number of nitrogens with zero attached hydrogens (tertiary/aromatic N) is 1. The maximum Gasteiger partial charge on any atom is 0.491 e. The van der Waals surface area contributed by atoms with Crippen LogP contribution in [-0.4, -0.2) is 41.7 Å². The molecule has 248 valence electrons. The van der Waals surface area contributed by atoms with Crippen molar-refractivity contribution in [1.82, 2.24) is 10.3 Å². The van der Waals surface area contributed by atoms with Gasteiger partial charge in [-0.05, 0) is 74.2 Å². The van der Waals surface area contributed by atoms with Crippen LogP contribution in [0.25, 0.3) is 10.8 Å². The molecule has 3 aromatic carbocycles. The summed E-state index contributed by atoms with van der Waals surface area (Å²) in [5.41, 5.74) is 6.58. The fourth-order valence-electron chi connectivity index (χ4n) is 4.70. The van der Waals surface area contributed by atoms with Gasteiger partial charge in [-0.25, -0.2) is 14.2 Å². The van der Waals surface area contributed by atoms with Crippen LogP contribution < -0.4 is 25.8 Å². The molecule has 0 saturated carbocycles. The molecule has 4 aromatic rings. The summed E-state index contributed by atoms with van der Waals surface area (Å²) in [6, 6.07) is 13.9. The molecule has 0 aliphatic heterocycles. The lowest BCUT2D eigenvalue weighted by Crippen LogP contribution is -2.38. The second-order valence-corrected chi connectivity index (χ2v) is 10.6. The van der Waals surface area contributed by atoms with E-state index in [1.54, 1.807) is 49.4 Å². The van der Waals surface area contributed by atoms with E-state index in [2.05, 4.69) is 20.4 Å². The topological polar surface area (TPSA) is 142 Å². The van der Waals surface area contributed by atoms with Gasteiger partial charge in [0.25, 0.3) is 0 Å². The number of amides is 1. The average molecular weight is 657 g/mol. The number of anilines is 2. The number of hydrogen-bond donors (Lipinski definition) is 3. The molecule has 0 fully saturated rings. The average Bonchev–Trinajstić information content (AvgIpc) is 3.00. The number of nitrogens with one attached hydrogen (secondary N) is 2. The molecule has 1 amide bonds. The van der Waals surface area contributed by atoms with Gasteiger partial charge in [-0.1, -0.05) is 24.3 Å². The van der Waals surface area contributed by atoms with Gasteiger partial charge in [0.2, 0.25) is 5.91 Å². The minimum absolute atomic E-state index is 0.192. The maximum atomic E-state index is 14.9. The third-order valence-electron chi connectivity index (χ3n) is 6.74. The predicted molar refractivity (Wildman–Crippen MR) is 165 cm³/mol. The fourth-order valence-corrected chi connectivity index (χ4v) is 4.70. The smallest absolute Gasteiger partial charge is 0.490 e. The van der Waals surface area contributed by atoms with Gasteiger partial charge in [-0.15, -0.1) is 0 Å². The summed E-state index contributed by atoms with van der Waals surface area (Å²) in [6.07, 6.45) is -5.10. The first-order chi connectivity index (χ1) is 22.3. The van der Waals surface area contributed by atoms with Gasteiger partial charge in [0.1, 0.15) is 17.7 Å². The lowest BCUT2D eigenvalue weighted by molar-refractivity contribution is -0.202. The highest BCUT2D eigenvalue weighted by Gasteiger charge is 2.43. The van der Waals surface area contributed by atoms with Crippen molar-refractivity contribution in [2.45, 2.75) is 51.6 Å². The fraction of sp³-hybridized carbons (Fsp3) is 0.273. The molecule has 1 aromatic heterocycles. The summed E-state index contributed by atoms with van der Waals surface area (Å²) in [4.78, 5) is 41.8. The standard InChI is InChI=1S/C33H32F4N4O6/c1-4-45-27-16-20(9-12-26(27)46-18(2)3)29(40-21-10-11-22-19(15-21)13-14-39-30(22)38)31(43)41-25(23-7-5-6-8-24(23)34)17-28(42)47-32(44)33(35,36)37/h5-16,18,25,29,40H,4,17H2,1-3H3,(H2,38,39)(H,41,43)/t25-,29?/m1/s1. The van der Waals surface area contributed by atoms with Crippen LogP contribution in [0.2, 0.25) is 0 Å². The zero-order valence-electron chi connectivity index (χ0n) is 25.6. The molecular formula is C33H32F4N4O6. The summed E-state index contributed by atoms with van der Waals surface area (Å²) in [5.74, 6) is -4.97. The Hall–Kier alpha value is -5.40. The van der Waals surface area contributed by atoms with E-state index in [0.717, 1.165) is 6.07 Å². The number of esters is 2. The number of ether oxygens (including phenoxy) is 3. The molecule has 4 rings (SSSR count). The number of alkyl halides is 3. The van der Waals surface area contributed by atoms with Crippen molar-refractivity contribution < 1.29 is 46.2 Å². The van der Waals surface area contributed by atoms with Gasteiger partial charge in [0.05, 0.1) is 25.2 Å². The first-order valence-corrected chi connectivity index (χ1v) is 14.5. The molecule has 4 N–H and O–H groups in total. The number of carbonyl (C=O) groups is 3. The highest BCUT2D eigenvalue weighted by Crippen LogP contribution is 2.34. The number of nitrogen functional groups attached to an aromatic ring is 1. The molecule has 14 heteroatoms. The number of fused-ring (bicyclic) bond motifs is 1. The zero-order valence-corrected chi connectivity index (χ0v) is 25.6. The maximum absolute atomic E-state index is 14.9. The van der Waals surface area contributed by atoms with Crippen molar-refractivity contribution in [2.24, 2.45) is 0 Å². The SMILES string of the molecule is CCOc1cc(C(Nc2ccc3c(N)nccc3c2)C(=O)N[C@H](CC(=O)OC(=O)C(F)(F)F)c2ccccc2F)ccc1OC(C)C. The Bertz CT molecular complexity index is 1770. The van der Waals surface area contributed by atoms with Crippen molar-refractivity contribution in [2.75, 3.05) is 17.7 Å². The Morgan fingerprint density at radius 3 is 2.40 bits per heavy atom. The molecule has 47 heavy (non-hydrogen) atoms. The molecule has 2 atom stereocenters. The minimum Gasteiger partial charge on any atom is -0.490 e. The highest BCUT2D eigenvalue weighted by molar-refractivity contribution is 5.94. The molecule has 0 radical (unpaired) electrons. The third-order valence-corrected chi connectivity index (χ3v) is 6.74. The Balaban J connectivity index is 1.74. The van der Waals surface area contributed by atoms with Crippen LogP contribution in [0.1, 0.15) is 50.4 Å². The van der Waals surface area contributed by atoms with Gasteiger partial charge < -0.3 is 30.6 Å². The van der Waals surface area contributed by atoms with E-state index in [-0.39, 0.29) is 18.3 Å². The Kier molecular flexibility index (Phi) is 10.9. The number of nitrogens with two attached hydrogens (primary N) is 1. The summed E-state index contributed by atoms with van der Waals surface area (Å²) < 4.78 is 68.7. The number of carbonyl (C=O) groups excluding carboxylic acids is 3. The minimum atomic E-state index is -5.44. The molecule has 0 aliphatic rings. The third kappa shape index (κ3) is 8.87. The van der Waals surface area contributed by atoms with Crippen molar-refractivity contribution >= 4 is 40.1 Å². The molecule has 0 saturated heterocycles. The summed E-state index contributed by atoms with van der Waals surface area (Å²) in [6.45, 7) is 5.71. The van der Waals surface area contributed by atoms with Crippen LogP contribution in [0.5, 0.6) is 11.5 Å². The van der Waals surface area contributed by atoms with Gasteiger partial charge in [-0.2, -0.15) is 13.2 Å². The van der Waals surface area contributed by atoms with E-state index in [0.29, 0.717) is 39.3 Å². The van der Waals surface area contributed by atoms with Crippen LogP contribution in [0, 0.1) is 5.82 Å². The van der Waals surface area contributed by atoms with Crippen molar-refractivity contribution in [1.29, 1.82) is 0 Å². The lowest BCUT2D eigenvalue weighted by atomic mass is 10.00. The Morgan fingerprint density at radius 2 is 1.72 bits per heavy atom. The molecule has 1 unspecified atom stereocenters. The zero-order chi connectivity index (χ0) is 34.3. The highest BCUT2D eigenvalue weighted by atomic mass is 19.4. The largest absolute Gasteiger partial charge is 0.491 e. The predicted octanol–water partition coefficient (Wildman–Crippen LogP) is 6.17. The van der Waals surface area contributed by atoms with Gasteiger partial charge in [0.15, 0.2) is 11.5 Å². The molecule has 10 nitrogen and oxygen atoms in total. The van der Waals surface area contributed by atoms with Gasteiger partial charge in [0, 0.05) is 22.8 Å². The monoisotopic (exact) mass is 656 g/mol. The Labute approximate surface area is 267 Å². The summed E-state index contributed by atoms with van der Waals surface area (Å²) in [5, 5.41) is 7.05. The van der Waals surface area contributed by atoms with Gasteiger partial charge >= 0.3 is 18.1 Å². The first kappa shape index (κ1) is 34.5. The number of aromatic nitrogens is 1. The van der Waals surface area contributed by atoms with Crippen molar-refractivity contribution in [3.8, 4) is 11.5 Å². The van der Waals surface area contributed by atoms with Crippen LogP contribution in [0.3, 0.4) is 0 Å². The normalized spacial score (nSPS) is 12.7. The number of benzene rings is 3. The quantitative estimate of drug-likeness (QED) is 0.0927. The molecule has 0 bridgehead atoms. The van der Waals surface area contributed by atoms with Gasteiger partial charge in [-0.3, -0.25) is 9.59 Å². The second kappa shape index (κ2) is 14.8. The number of rotatable bonds is 12. The number of halogens is 4. The van der Waals surface area contributed by atoms with Crippen LogP contribution in [0.4, 0.5) is 29.1 Å². The van der Waals surface area contributed by atoms with E-state index >= 15 is 0 Å². The molecular weight excluding hydrogens is 624 g/mol. The van der Waals surface area contributed by atoms with Crippen molar-refractivity contribution in [3.63, 3.8) is 0 Å². The van der Waals surface area contributed by atoms with E-state index in [1.807, 2.05) is 13.8 Å². The van der Waals surface area contributed by atoms with E-state index < -0.39 is 48.3 Å². The molecule has 0 aliphatic carbocycles. The van der Waals surface area contributed by atoms with Crippen LogP contribution in [-0.2, 0) is 19.1 Å².